The molecule has 92 valence electrons. The van der Waals surface area contributed by atoms with Crippen LogP contribution in [-0.4, -0.2) is 63.5 Å². The molecule has 2 atom stereocenters. The lowest BCUT2D eigenvalue weighted by Gasteiger charge is -2.36. The lowest BCUT2D eigenvalue weighted by Crippen LogP contribution is -2.52. The number of hydrogen-bond donors (Lipinski definition) is 1. The molecule has 5 heteroatoms. The second kappa shape index (κ2) is 5.50. The summed E-state index contributed by atoms with van der Waals surface area (Å²) in [5.41, 5.74) is 0. The Balaban J connectivity index is 1.92. The molecule has 2 unspecified atom stereocenters. The van der Waals surface area contributed by atoms with Gasteiger partial charge in [0, 0.05) is 33.8 Å². The van der Waals surface area contributed by atoms with Crippen LogP contribution in [0.2, 0.25) is 0 Å². The van der Waals surface area contributed by atoms with Crippen LogP contribution in [0.25, 0.3) is 0 Å². The van der Waals surface area contributed by atoms with E-state index < -0.39 is 0 Å². The van der Waals surface area contributed by atoms with Gasteiger partial charge in [-0.2, -0.15) is 0 Å². The number of nitrogens with one attached hydrogen (secondary N) is 1. The maximum Gasteiger partial charge on any atom is 0.193 e. The summed E-state index contributed by atoms with van der Waals surface area (Å²) in [4.78, 5) is 6.46. The van der Waals surface area contributed by atoms with E-state index in [1.807, 2.05) is 14.1 Å². The van der Waals surface area contributed by atoms with Gasteiger partial charge in [-0.25, -0.2) is 0 Å². The number of ether oxygens (including phenoxy) is 2. The van der Waals surface area contributed by atoms with Gasteiger partial charge in [-0.3, -0.25) is 4.99 Å². The number of hydrogen-bond acceptors (Lipinski definition) is 3. The quantitative estimate of drug-likeness (QED) is 0.509. The third-order valence-corrected chi connectivity index (χ3v) is 3.21. The van der Waals surface area contributed by atoms with Gasteiger partial charge in [0.05, 0.1) is 12.7 Å². The molecule has 0 bridgehead atoms. The highest BCUT2D eigenvalue weighted by atomic mass is 16.5. The Kier molecular flexibility index (Phi) is 4.01. The molecule has 0 aromatic heterocycles. The highest BCUT2D eigenvalue weighted by Gasteiger charge is 2.31. The van der Waals surface area contributed by atoms with E-state index in [0.29, 0.717) is 0 Å². The largest absolute Gasteiger partial charge is 0.375 e. The Labute approximate surface area is 96.8 Å². The molecule has 1 N–H and O–H groups in total. The van der Waals surface area contributed by atoms with Crippen molar-refractivity contribution in [2.75, 3.05) is 40.4 Å². The van der Waals surface area contributed by atoms with E-state index in [-0.39, 0.29) is 12.2 Å². The molecule has 16 heavy (non-hydrogen) atoms. The molecule has 0 spiro atoms. The minimum absolute atomic E-state index is 0.196. The normalized spacial score (nSPS) is 31.9. The standard InChI is InChI=1S/C11H21N3O2/c1-12-11(13-2)14-5-7-16-10(8-14)9-4-3-6-15-9/h9-10H,3-8H2,1-2H3,(H,12,13). The summed E-state index contributed by atoms with van der Waals surface area (Å²) in [6.45, 7) is 3.41. The van der Waals surface area contributed by atoms with E-state index in [1.54, 1.807) is 0 Å². The Bertz CT molecular complexity index is 252. The maximum atomic E-state index is 5.78. The fourth-order valence-corrected chi connectivity index (χ4v) is 2.40. The van der Waals surface area contributed by atoms with Gasteiger partial charge in [0.2, 0.25) is 0 Å². The lowest BCUT2D eigenvalue weighted by atomic mass is 10.1. The molecule has 0 amide bonds. The number of aliphatic imine (C=N–C) groups is 1. The van der Waals surface area contributed by atoms with Crippen LogP contribution in [0, 0.1) is 0 Å². The number of nitrogens with zero attached hydrogens (tertiary/aromatic N) is 2. The van der Waals surface area contributed by atoms with E-state index in [4.69, 9.17) is 9.47 Å². The number of guanidine groups is 1. The summed E-state index contributed by atoms with van der Waals surface area (Å²) >= 11 is 0. The molecular weight excluding hydrogens is 206 g/mol. The molecule has 2 aliphatic heterocycles. The molecular formula is C11H21N3O2. The van der Waals surface area contributed by atoms with E-state index in [2.05, 4.69) is 15.2 Å². The Morgan fingerprint density at radius 2 is 2.12 bits per heavy atom. The van der Waals surface area contributed by atoms with Gasteiger partial charge in [-0.1, -0.05) is 0 Å². The van der Waals surface area contributed by atoms with Crippen molar-refractivity contribution < 1.29 is 9.47 Å². The van der Waals surface area contributed by atoms with Crippen LogP contribution >= 0.6 is 0 Å². The Morgan fingerprint density at radius 3 is 2.75 bits per heavy atom. The van der Waals surface area contributed by atoms with Crippen molar-refractivity contribution in [1.82, 2.24) is 10.2 Å². The van der Waals surface area contributed by atoms with E-state index in [0.717, 1.165) is 45.1 Å². The van der Waals surface area contributed by atoms with Crippen LogP contribution in [0.3, 0.4) is 0 Å². The molecule has 0 aliphatic carbocycles. The van der Waals surface area contributed by atoms with Gasteiger partial charge in [0.1, 0.15) is 6.10 Å². The predicted octanol–water partition coefficient (Wildman–Crippen LogP) is 0.0714. The zero-order valence-corrected chi connectivity index (χ0v) is 10.1. The van der Waals surface area contributed by atoms with Crippen LogP contribution in [-0.2, 0) is 9.47 Å². The van der Waals surface area contributed by atoms with E-state index in [9.17, 15) is 0 Å². The van der Waals surface area contributed by atoms with Crippen molar-refractivity contribution in [3.05, 3.63) is 0 Å². The third-order valence-electron chi connectivity index (χ3n) is 3.21. The Morgan fingerprint density at radius 1 is 1.31 bits per heavy atom. The minimum Gasteiger partial charge on any atom is -0.375 e. The third kappa shape index (κ3) is 2.47. The lowest BCUT2D eigenvalue weighted by molar-refractivity contribution is -0.0816. The first kappa shape index (κ1) is 11.7. The van der Waals surface area contributed by atoms with Crippen molar-refractivity contribution in [1.29, 1.82) is 0 Å². The van der Waals surface area contributed by atoms with Gasteiger partial charge in [0.25, 0.3) is 0 Å². The molecule has 0 aromatic carbocycles. The van der Waals surface area contributed by atoms with Crippen molar-refractivity contribution >= 4 is 5.96 Å². The Hall–Kier alpha value is -0.810. The van der Waals surface area contributed by atoms with Crippen LogP contribution in [0.15, 0.2) is 4.99 Å². The van der Waals surface area contributed by atoms with Crippen molar-refractivity contribution in [3.63, 3.8) is 0 Å². The molecule has 2 aliphatic rings. The fourth-order valence-electron chi connectivity index (χ4n) is 2.40. The average Bonchev–Trinajstić information content (AvgIpc) is 2.85. The summed E-state index contributed by atoms with van der Waals surface area (Å²) in [6, 6.07) is 0. The maximum absolute atomic E-state index is 5.78. The molecule has 2 saturated heterocycles. The van der Waals surface area contributed by atoms with Gasteiger partial charge in [-0.05, 0) is 12.8 Å². The molecule has 2 rings (SSSR count). The molecule has 0 aromatic rings. The molecule has 5 nitrogen and oxygen atoms in total. The minimum atomic E-state index is 0.196. The molecule has 2 fully saturated rings. The highest BCUT2D eigenvalue weighted by Crippen LogP contribution is 2.20. The summed E-state index contributed by atoms with van der Waals surface area (Å²) in [6.07, 6.45) is 2.75. The van der Waals surface area contributed by atoms with Crippen LogP contribution < -0.4 is 5.32 Å². The van der Waals surface area contributed by atoms with Gasteiger partial charge < -0.3 is 19.7 Å². The number of rotatable bonds is 1. The second-order valence-corrected chi connectivity index (χ2v) is 4.20. The van der Waals surface area contributed by atoms with Crippen LogP contribution in [0.1, 0.15) is 12.8 Å². The highest BCUT2D eigenvalue weighted by molar-refractivity contribution is 5.79. The van der Waals surface area contributed by atoms with Gasteiger partial charge >= 0.3 is 0 Å². The fraction of sp³-hybridized carbons (Fsp3) is 0.909. The summed E-state index contributed by atoms with van der Waals surface area (Å²) in [5.74, 6) is 0.936. The average molecular weight is 227 g/mol. The molecule has 0 radical (unpaired) electrons. The molecule has 0 saturated carbocycles. The summed E-state index contributed by atoms with van der Waals surface area (Å²) in [5, 5.41) is 3.11. The topological polar surface area (TPSA) is 46.1 Å². The predicted molar refractivity (Wildman–Crippen MR) is 62.7 cm³/mol. The van der Waals surface area contributed by atoms with Crippen molar-refractivity contribution in [3.8, 4) is 0 Å². The summed E-state index contributed by atoms with van der Waals surface area (Å²) < 4.78 is 11.5. The first-order chi connectivity index (χ1) is 7.85. The van der Waals surface area contributed by atoms with Crippen LogP contribution in [0.4, 0.5) is 0 Å². The first-order valence-corrected chi connectivity index (χ1v) is 5.98. The first-order valence-electron chi connectivity index (χ1n) is 5.98. The number of morpholine rings is 1. The second-order valence-electron chi connectivity index (χ2n) is 4.20. The van der Waals surface area contributed by atoms with Gasteiger partial charge in [-0.15, -0.1) is 0 Å². The zero-order valence-electron chi connectivity index (χ0n) is 10.1. The zero-order chi connectivity index (χ0) is 11.4. The smallest absolute Gasteiger partial charge is 0.193 e. The van der Waals surface area contributed by atoms with Crippen LogP contribution in [0.5, 0.6) is 0 Å². The van der Waals surface area contributed by atoms with E-state index >= 15 is 0 Å². The SMILES string of the molecule is CN=C(NC)N1CCOC(C2CCCO2)C1. The van der Waals surface area contributed by atoms with Crippen molar-refractivity contribution in [2.24, 2.45) is 4.99 Å². The van der Waals surface area contributed by atoms with Gasteiger partial charge in [0.15, 0.2) is 5.96 Å². The molecule has 2 heterocycles. The summed E-state index contributed by atoms with van der Waals surface area (Å²) in [7, 11) is 3.71. The van der Waals surface area contributed by atoms with E-state index in [1.165, 1.54) is 0 Å². The van der Waals surface area contributed by atoms with Crippen molar-refractivity contribution in [2.45, 2.75) is 25.0 Å². The monoisotopic (exact) mass is 227 g/mol.